The van der Waals surface area contributed by atoms with E-state index in [2.05, 4.69) is 17.2 Å². The van der Waals surface area contributed by atoms with E-state index in [9.17, 15) is 14.4 Å². The molecule has 0 radical (unpaired) electrons. The zero-order valence-corrected chi connectivity index (χ0v) is 11.4. The zero-order chi connectivity index (χ0) is 15.1. The van der Waals surface area contributed by atoms with Gasteiger partial charge in [0.05, 0.1) is 10.6 Å². The Morgan fingerprint density at radius 3 is 2.60 bits per heavy atom. The summed E-state index contributed by atoms with van der Waals surface area (Å²) < 4.78 is 0. The van der Waals surface area contributed by atoms with E-state index in [1.165, 1.54) is 18.2 Å². The molecule has 4 N–H and O–H groups in total. The van der Waals surface area contributed by atoms with Gasteiger partial charge in [0.2, 0.25) is 17.7 Å². The Morgan fingerprint density at radius 2 is 2.05 bits per heavy atom. The van der Waals surface area contributed by atoms with Crippen LogP contribution in [0.3, 0.4) is 0 Å². The van der Waals surface area contributed by atoms with Gasteiger partial charge in [0.15, 0.2) is 0 Å². The van der Waals surface area contributed by atoms with Crippen LogP contribution in [0.25, 0.3) is 0 Å². The number of hydrogen-bond acceptors (Lipinski definition) is 3. The van der Waals surface area contributed by atoms with Crippen LogP contribution in [0.1, 0.15) is 16.8 Å². The maximum Gasteiger partial charge on any atom is 0.250 e. The molecule has 106 valence electrons. The molecule has 1 aromatic carbocycles. The van der Waals surface area contributed by atoms with Gasteiger partial charge in [-0.3, -0.25) is 14.4 Å². The van der Waals surface area contributed by atoms with Crippen LogP contribution in [-0.2, 0) is 9.59 Å². The molecule has 6 nitrogen and oxygen atoms in total. The van der Waals surface area contributed by atoms with Crippen molar-refractivity contribution in [2.45, 2.75) is 6.42 Å². The molecule has 0 spiro atoms. The van der Waals surface area contributed by atoms with E-state index in [1.54, 1.807) is 0 Å². The van der Waals surface area contributed by atoms with E-state index in [4.69, 9.17) is 17.3 Å². The molecule has 1 rings (SSSR count). The van der Waals surface area contributed by atoms with Crippen molar-refractivity contribution < 1.29 is 14.4 Å². The molecule has 0 aliphatic carbocycles. The van der Waals surface area contributed by atoms with Gasteiger partial charge < -0.3 is 16.4 Å². The lowest BCUT2D eigenvalue weighted by molar-refractivity contribution is -0.117. The van der Waals surface area contributed by atoms with Gasteiger partial charge in [-0.25, -0.2) is 0 Å². The van der Waals surface area contributed by atoms with E-state index < -0.39 is 5.91 Å². The molecule has 20 heavy (non-hydrogen) atoms. The highest BCUT2D eigenvalue weighted by Gasteiger charge is 2.09. The van der Waals surface area contributed by atoms with E-state index in [1.807, 2.05) is 0 Å². The summed E-state index contributed by atoms with van der Waals surface area (Å²) in [4.78, 5) is 33.5. The largest absolute Gasteiger partial charge is 0.366 e. The fraction of sp³-hybridized carbons (Fsp3) is 0.154. The number of anilines is 1. The Kier molecular flexibility index (Phi) is 5.74. The minimum Gasteiger partial charge on any atom is -0.366 e. The fourth-order valence-electron chi connectivity index (χ4n) is 1.39. The lowest BCUT2D eigenvalue weighted by Gasteiger charge is -2.07. The van der Waals surface area contributed by atoms with Crippen LogP contribution in [0.5, 0.6) is 0 Å². The Hall–Kier alpha value is -2.34. The first kappa shape index (κ1) is 15.7. The maximum absolute atomic E-state index is 11.6. The van der Waals surface area contributed by atoms with Crippen molar-refractivity contribution in [1.82, 2.24) is 5.32 Å². The van der Waals surface area contributed by atoms with Crippen molar-refractivity contribution >= 4 is 35.0 Å². The Bertz CT molecular complexity index is 558. The predicted molar refractivity (Wildman–Crippen MR) is 76.4 cm³/mol. The molecule has 0 atom stereocenters. The summed E-state index contributed by atoms with van der Waals surface area (Å²) in [7, 11) is 0. The average molecular weight is 296 g/mol. The van der Waals surface area contributed by atoms with Crippen LogP contribution >= 0.6 is 11.6 Å². The van der Waals surface area contributed by atoms with E-state index >= 15 is 0 Å². The number of carbonyl (C=O) groups is 3. The number of benzene rings is 1. The molecule has 0 aliphatic rings. The number of halogens is 1. The van der Waals surface area contributed by atoms with Gasteiger partial charge in [0, 0.05) is 18.7 Å². The molecular weight excluding hydrogens is 282 g/mol. The Labute approximate surface area is 121 Å². The van der Waals surface area contributed by atoms with E-state index in [0.29, 0.717) is 5.69 Å². The summed E-state index contributed by atoms with van der Waals surface area (Å²) in [6.45, 7) is 3.49. The highest BCUT2D eigenvalue weighted by molar-refractivity contribution is 6.34. The zero-order valence-electron chi connectivity index (χ0n) is 10.6. The van der Waals surface area contributed by atoms with Crippen LogP contribution in [0, 0.1) is 0 Å². The van der Waals surface area contributed by atoms with E-state index in [-0.39, 0.29) is 35.4 Å². The number of hydrogen-bond donors (Lipinski definition) is 3. The molecule has 0 unspecified atom stereocenters. The average Bonchev–Trinajstić information content (AvgIpc) is 2.38. The number of nitrogens with two attached hydrogens (primary N) is 1. The van der Waals surface area contributed by atoms with Crippen molar-refractivity contribution in [3.8, 4) is 0 Å². The molecule has 0 saturated carbocycles. The van der Waals surface area contributed by atoms with Crippen molar-refractivity contribution in [1.29, 1.82) is 0 Å². The fourth-order valence-corrected chi connectivity index (χ4v) is 1.66. The van der Waals surface area contributed by atoms with Crippen LogP contribution in [-0.4, -0.2) is 24.3 Å². The molecule has 0 aromatic heterocycles. The Balaban J connectivity index is 2.54. The van der Waals surface area contributed by atoms with Crippen molar-refractivity contribution in [2.75, 3.05) is 11.9 Å². The van der Waals surface area contributed by atoms with Gasteiger partial charge in [-0.2, -0.15) is 0 Å². The second kappa shape index (κ2) is 7.30. The smallest absolute Gasteiger partial charge is 0.250 e. The van der Waals surface area contributed by atoms with Gasteiger partial charge in [-0.05, 0) is 24.3 Å². The summed E-state index contributed by atoms with van der Waals surface area (Å²) in [6, 6.07) is 4.38. The second-order valence-electron chi connectivity index (χ2n) is 3.85. The third-order valence-corrected chi connectivity index (χ3v) is 2.67. The summed E-state index contributed by atoms with van der Waals surface area (Å²) in [5, 5.41) is 5.23. The number of amides is 3. The summed E-state index contributed by atoms with van der Waals surface area (Å²) in [5.41, 5.74) is 5.74. The lowest BCUT2D eigenvalue weighted by atomic mass is 10.2. The van der Waals surface area contributed by atoms with Gasteiger partial charge >= 0.3 is 0 Å². The van der Waals surface area contributed by atoms with Crippen molar-refractivity contribution in [3.63, 3.8) is 0 Å². The Morgan fingerprint density at radius 1 is 1.35 bits per heavy atom. The molecule has 0 fully saturated rings. The highest BCUT2D eigenvalue weighted by atomic mass is 35.5. The minimum absolute atomic E-state index is 0.106. The number of rotatable bonds is 6. The maximum atomic E-state index is 11.6. The van der Waals surface area contributed by atoms with Crippen molar-refractivity contribution in [3.05, 3.63) is 41.4 Å². The molecule has 3 amide bonds. The SMILES string of the molecule is C=CC(=O)NCCC(=O)Nc1ccc(C(N)=O)c(Cl)c1. The molecule has 0 heterocycles. The molecule has 0 bridgehead atoms. The lowest BCUT2D eigenvalue weighted by Crippen LogP contribution is -2.25. The molecule has 1 aromatic rings. The number of primary amides is 1. The summed E-state index contributed by atoms with van der Waals surface area (Å²) in [5.74, 6) is -1.27. The first-order chi connectivity index (χ1) is 9.43. The van der Waals surface area contributed by atoms with Crippen LogP contribution < -0.4 is 16.4 Å². The van der Waals surface area contributed by atoms with E-state index in [0.717, 1.165) is 6.08 Å². The number of nitrogens with one attached hydrogen (secondary N) is 2. The van der Waals surface area contributed by atoms with Gasteiger partial charge in [-0.1, -0.05) is 18.2 Å². The third kappa shape index (κ3) is 4.74. The standard InChI is InChI=1S/C13H14ClN3O3/c1-2-11(18)16-6-5-12(19)17-8-3-4-9(13(15)20)10(14)7-8/h2-4,7H,1,5-6H2,(H2,15,20)(H,16,18)(H,17,19). The molecular formula is C13H14ClN3O3. The normalized spacial score (nSPS) is 9.65. The first-order valence-electron chi connectivity index (χ1n) is 5.73. The minimum atomic E-state index is -0.639. The second-order valence-corrected chi connectivity index (χ2v) is 4.26. The van der Waals surface area contributed by atoms with Gasteiger partial charge in [0.25, 0.3) is 0 Å². The first-order valence-corrected chi connectivity index (χ1v) is 6.11. The van der Waals surface area contributed by atoms with Gasteiger partial charge in [-0.15, -0.1) is 0 Å². The summed E-state index contributed by atoms with van der Waals surface area (Å²) >= 11 is 5.85. The summed E-state index contributed by atoms with van der Waals surface area (Å²) in [6.07, 6.45) is 1.23. The molecule has 0 saturated heterocycles. The molecule has 7 heteroatoms. The van der Waals surface area contributed by atoms with Crippen LogP contribution in [0.15, 0.2) is 30.9 Å². The number of carbonyl (C=O) groups excluding carboxylic acids is 3. The highest BCUT2D eigenvalue weighted by Crippen LogP contribution is 2.20. The topological polar surface area (TPSA) is 101 Å². The molecule has 0 aliphatic heterocycles. The van der Waals surface area contributed by atoms with Gasteiger partial charge in [0.1, 0.15) is 0 Å². The monoisotopic (exact) mass is 295 g/mol. The quantitative estimate of drug-likeness (QED) is 0.684. The van der Waals surface area contributed by atoms with Crippen molar-refractivity contribution in [2.24, 2.45) is 5.73 Å². The van der Waals surface area contributed by atoms with Crippen LogP contribution in [0.4, 0.5) is 5.69 Å². The van der Waals surface area contributed by atoms with Crippen LogP contribution in [0.2, 0.25) is 5.02 Å². The predicted octanol–water partition coefficient (Wildman–Crippen LogP) is 1.07. The third-order valence-electron chi connectivity index (χ3n) is 2.35.